The average Bonchev–Trinajstić information content (AvgIpc) is 3.05. The van der Waals surface area contributed by atoms with Crippen LogP contribution in [0.3, 0.4) is 0 Å². The van der Waals surface area contributed by atoms with Crippen LogP contribution in [0.2, 0.25) is 0 Å². The smallest absolute Gasteiger partial charge is 0.272 e. The molecule has 2 heterocycles. The van der Waals surface area contributed by atoms with Crippen molar-refractivity contribution in [1.29, 1.82) is 0 Å². The number of amides is 3. The second-order valence-corrected chi connectivity index (χ2v) is 9.48. The van der Waals surface area contributed by atoms with Gasteiger partial charge in [-0.1, -0.05) is 49.9 Å². The summed E-state index contributed by atoms with van der Waals surface area (Å²) in [5, 5.41) is 10.4. The lowest BCUT2D eigenvalue weighted by atomic mass is 9.95. The molecule has 0 radical (unpaired) electrons. The van der Waals surface area contributed by atoms with Crippen LogP contribution in [-0.4, -0.2) is 51.0 Å². The summed E-state index contributed by atoms with van der Waals surface area (Å²) in [5.74, 6) is -0.831. The largest absolute Gasteiger partial charge is 0.351 e. The number of likely N-dealkylation sites (N-methyl/N-ethyl adjacent to an activating group) is 1. The van der Waals surface area contributed by atoms with Crippen molar-refractivity contribution >= 4 is 17.7 Å². The van der Waals surface area contributed by atoms with Gasteiger partial charge < -0.3 is 15.5 Å². The Morgan fingerprint density at radius 3 is 2.55 bits per heavy atom. The first-order valence-electron chi connectivity index (χ1n) is 11.8. The Kier molecular flexibility index (Phi) is 6.54. The van der Waals surface area contributed by atoms with Crippen molar-refractivity contribution in [3.63, 3.8) is 0 Å². The van der Waals surface area contributed by atoms with Crippen molar-refractivity contribution in [1.82, 2.24) is 25.3 Å². The van der Waals surface area contributed by atoms with E-state index in [1.165, 1.54) is 28.5 Å². The Bertz CT molecular complexity index is 1050. The first-order chi connectivity index (χ1) is 15.8. The molecule has 4 rings (SSSR count). The molecule has 0 bridgehead atoms. The zero-order valence-electron chi connectivity index (χ0n) is 19.7. The average molecular weight is 452 g/mol. The molecule has 2 aliphatic rings. The Labute approximate surface area is 194 Å². The van der Waals surface area contributed by atoms with Crippen molar-refractivity contribution in [2.45, 2.75) is 77.0 Å². The van der Waals surface area contributed by atoms with Gasteiger partial charge in [-0.25, -0.2) is 0 Å². The Morgan fingerprint density at radius 1 is 1.15 bits per heavy atom. The number of nitrogens with zero attached hydrogens (tertiary/aromatic N) is 3. The van der Waals surface area contributed by atoms with Gasteiger partial charge in [-0.3, -0.25) is 19.1 Å². The van der Waals surface area contributed by atoms with E-state index in [0.29, 0.717) is 12.2 Å². The first-order valence-corrected chi connectivity index (χ1v) is 11.8. The van der Waals surface area contributed by atoms with E-state index in [1.54, 1.807) is 14.0 Å². The number of hydrogen-bond acceptors (Lipinski definition) is 4. The van der Waals surface area contributed by atoms with Crippen molar-refractivity contribution in [3.8, 4) is 0 Å². The quantitative estimate of drug-likeness (QED) is 0.684. The van der Waals surface area contributed by atoms with E-state index in [9.17, 15) is 14.4 Å². The molecule has 1 aromatic heterocycles. The number of carbonyl (C=O) groups excluding carboxylic acids is 3. The molecule has 3 amide bonds. The Morgan fingerprint density at radius 2 is 1.85 bits per heavy atom. The van der Waals surface area contributed by atoms with E-state index in [0.717, 1.165) is 36.8 Å². The maximum atomic E-state index is 13.3. The van der Waals surface area contributed by atoms with E-state index >= 15 is 0 Å². The van der Waals surface area contributed by atoms with Crippen LogP contribution in [0, 0.1) is 6.92 Å². The standard InChI is InChI=1S/C25H33N5O3/c1-17-10-8-9-11-18(17)15-26-22(31)20-14-21-23(32)29(3)25(2,16-30(21)28-20)24(33)27-19-12-6-4-5-7-13-19/h8-11,14,19H,4-7,12-13,15-16H2,1-3H3,(H,26,31)(H,27,33)/t25-/m1/s1. The molecule has 0 saturated heterocycles. The maximum absolute atomic E-state index is 13.3. The number of hydrogen-bond donors (Lipinski definition) is 2. The predicted molar refractivity (Wildman–Crippen MR) is 125 cm³/mol. The van der Waals surface area contributed by atoms with Gasteiger partial charge in [-0.15, -0.1) is 0 Å². The minimum Gasteiger partial charge on any atom is -0.351 e. The van der Waals surface area contributed by atoms with Crippen LogP contribution in [0.25, 0.3) is 0 Å². The molecule has 2 N–H and O–H groups in total. The SMILES string of the molecule is Cc1ccccc1CNC(=O)c1cc2n(n1)C[C@](C)(C(=O)NC1CCCCCC1)N(C)C2=O. The summed E-state index contributed by atoms with van der Waals surface area (Å²) in [5.41, 5.74) is 1.53. The summed E-state index contributed by atoms with van der Waals surface area (Å²) in [6.45, 7) is 4.34. The van der Waals surface area contributed by atoms with E-state index in [1.807, 2.05) is 31.2 Å². The topological polar surface area (TPSA) is 96.3 Å². The predicted octanol–water partition coefficient (Wildman–Crippen LogP) is 2.80. The third-order valence-electron chi connectivity index (χ3n) is 7.11. The van der Waals surface area contributed by atoms with Crippen molar-refractivity contribution < 1.29 is 14.4 Å². The van der Waals surface area contributed by atoms with Crippen LogP contribution in [0.15, 0.2) is 30.3 Å². The van der Waals surface area contributed by atoms with Crippen LogP contribution in [-0.2, 0) is 17.9 Å². The number of benzene rings is 1. The zero-order chi connectivity index (χ0) is 23.6. The molecule has 1 saturated carbocycles. The number of rotatable bonds is 5. The van der Waals surface area contributed by atoms with Gasteiger partial charge in [0, 0.05) is 25.7 Å². The lowest BCUT2D eigenvalue weighted by Crippen LogP contribution is -2.63. The van der Waals surface area contributed by atoms with Gasteiger partial charge in [0.2, 0.25) is 5.91 Å². The fraction of sp³-hybridized carbons (Fsp3) is 0.520. The molecule has 8 heteroatoms. The molecule has 0 unspecified atom stereocenters. The highest BCUT2D eigenvalue weighted by molar-refractivity contribution is 6.01. The zero-order valence-corrected chi connectivity index (χ0v) is 19.7. The molecular weight excluding hydrogens is 418 g/mol. The van der Waals surface area contributed by atoms with Crippen LogP contribution >= 0.6 is 0 Å². The second kappa shape index (κ2) is 9.37. The summed E-state index contributed by atoms with van der Waals surface area (Å²) < 4.78 is 1.50. The Hall–Kier alpha value is -3.16. The monoisotopic (exact) mass is 451 g/mol. The highest BCUT2D eigenvalue weighted by atomic mass is 16.2. The lowest BCUT2D eigenvalue weighted by molar-refractivity contribution is -0.133. The third-order valence-corrected chi connectivity index (χ3v) is 7.11. The summed E-state index contributed by atoms with van der Waals surface area (Å²) in [6, 6.07) is 9.49. The normalized spacial score (nSPS) is 21.3. The number of carbonyl (C=O) groups is 3. The van der Waals surface area contributed by atoms with Crippen LogP contribution in [0.4, 0.5) is 0 Å². The number of aryl methyl sites for hydroxylation is 1. The summed E-state index contributed by atoms with van der Waals surface area (Å²) in [6.07, 6.45) is 6.57. The van der Waals surface area contributed by atoms with Gasteiger partial charge in [0.1, 0.15) is 11.2 Å². The molecule has 2 aromatic rings. The lowest BCUT2D eigenvalue weighted by Gasteiger charge is -2.41. The van der Waals surface area contributed by atoms with Crippen LogP contribution in [0.1, 0.15) is 77.6 Å². The highest BCUT2D eigenvalue weighted by Crippen LogP contribution is 2.27. The molecule has 0 spiro atoms. The van der Waals surface area contributed by atoms with E-state index in [-0.39, 0.29) is 36.0 Å². The van der Waals surface area contributed by atoms with Gasteiger partial charge in [-0.05, 0) is 37.8 Å². The van der Waals surface area contributed by atoms with Crippen molar-refractivity contribution in [3.05, 3.63) is 52.8 Å². The number of aromatic nitrogens is 2. The second-order valence-electron chi connectivity index (χ2n) is 9.48. The molecule has 1 aliphatic heterocycles. The first kappa shape index (κ1) is 23.0. The van der Waals surface area contributed by atoms with Gasteiger partial charge >= 0.3 is 0 Å². The maximum Gasteiger partial charge on any atom is 0.272 e. The highest BCUT2D eigenvalue weighted by Gasteiger charge is 2.46. The fourth-order valence-corrected chi connectivity index (χ4v) is 4.68. The third kappa shape index (κ3) is 4.65. The summed E-state index contributed by atoms with van der Waals surface area (Å²) in [4.78, 5) is 40.6. The van der Waals surface area contributed by atoms with Gasteiger partial charge in [-0.2, -0.15) is 5.10 Å². The molecule has 33 heavy (non-hydrogen) atoms. The van der Waals surface area contributed by atoms with E-state index < -0.39 is 5.54 Å². The Balaban J connectivity index is 1.48. The minimum atomic E-state index is -1.07. The fourth-order valence-electron chi connectivity index (χ4n) is 4.68. The van der Waals surface area contributed by atoms with Crippen molar-refractivity contribution in [2.75, 3.05) is 7.05 Å². The number of nitrogens with one attached hydrogen (secondary N) is 2. The van der Waals surface area contributed by atoms with Gasteiger partial charge in [0.15, 0.2) is 5.69 Å². The van der Waals surface area contributed by atoms with Crippen molar-refractivity contribution in [2.24, 2.45) is 0 Å². The molecule has 1 atom stereocenters. The van der Waals surface area contributed by atoms with E-state index in [4.69, 9.17) is 0 Å². The van der Waals surface area contributed by atoms with E-state index in [2.05, 4.69) is 15.7 Å². The molecule has 176 valence electrons. The molecule has 8 nitrogen and oxygen atoms in total. The number of fused-ring (bicyclic) bond motifs is 1. The molecular formula is C25H33N5O3. The van der Waals surface area contributed by atoms with Gasteiger partial charge in [0.05, 0.1) is 6.54 Å². The molecule has 1 fully saturated rings. The molecule has 1 aromatic carbocycles. The minimum absolute atomic E-state index is 0.141. The summed E-state index contributed by atoms with van der Waals surface area (Å²) in [7, 11) is 1.64. The molecule has 1 aliphatic carbocycles. The van der Waals surface area contributed by atoms with Gasteiger partial charge in [0.25, 0.3) is 11.8 Å². The van der Waals surface area contributed by atoms with Crippen LogP contribution in [0.5, 0.6) is 0 Å². The summed E-state index contributed by atoms with van der Waals surface area (Å²) >= 11 is 0. The van der Waals surface area contributed by atoms with Crippen LogP contribution < -0.4 is 10.6 Å².